The number of guanidine groups is 1. The van der Waals surface area contributed by atoms with Crippen molar-refractivity contribution in [3.63, 3.8) is 0 Å². The van der Waals surface area contributed by atoms with E-state index in [1.165, 1.54) is 0 Å². The molecule has 14 heavy (non-hydrogen) atoms. The SMILES string of the molecule is Cl.N=C(N)NCCC[C@H](N)C(=O)O.[NaH]. The summed E-state index contributed by atoms with van der Waals surface area (Å²) in [4.78, 5) is 10.2. The van der Waals surface area contributed by atoms with Crippen LogP contribution in [0.5, 0.6) is 0 Å². The van der Waals surface area contributed by atoms with E-state index < -0.39 is 12.0 Å². The van der Waals surface area contributed by atoms with Gasteiger partial charge in [0, 0.05) is 6.54 Å². The first-order valence-corrected chi connectivity index (χ1v) is 3.60. The quantitative estimate of drug-likeness (QED) is 0.170. The number of carboxylic acid groups (broad SMARTS) is 1. The van der Waals surface area contributed by atoms with Crippen molar-refractivity contribution in [3.8, 4) is 0 Å². The standard InChI is InChI=1S/C6H14N4O2.ClH.Na.H/c7-4(5(11)12)2-1-3-10-6(8)9;;;/h4H,1-3,7H2,(H,11,12)(H4,8,9,10);1H;;/t4-;;;/m0.../s1. The molecule has 8 heteroatoms. The minimum atomic E-state index is -1.00. The number of halogens is 1. The number of hydrogen-bond acceptors (Lipinski definition) is 3. The van der Waals surface area contributed by atoms with E-state index in [0.29, 0.717) is 19.4 Å². The van der Waals surface area contributed by atoms with Crippen LogP contribution >= 0.6 is 12.4 Å². The normalized spacial score (nSPS) is 10.4. The van der Waals surface area contributed by atoms with E-state index >= 15 is 0 Å². The molecule has 0 aliphatic carbocycles. The van der Waals surface area contributed by atoms with Crippen LogP contribution in [0.15, 0.2) is 0 Å². The van der Waals surface area contributed by atoms with Gasteiger partial charge in [0.2, 0.25) is 0 Å². The average Bonchev–Trinajstić information content (AvgIpc) is 1.97. The van der Waals surface area contributed by atoms with E-state index in [1.807, 2.05) is 0 Å². The fourth-order valence-electron chi connectivity index (χ4n) is 0.669. The average molecular weight is 235 g/mol. The predicted molar refractivity (Wildman–Crippen MR) is 59.2 cm³/mol. The van der Waals surface area contributed by atoms with Gasteiger partial charge >= 0.3 is 35.5 Å². The Balaban J connectivity index is -0.000000605. The predicted octanol–water partition coefficient (Wildman–Crippen LogP) is -1.57. The molecular weight excluding hydrogens is 219 g/mol. The molecule has 80 valence electrons. The fraction of sp³-hybridized carbons (Fsp3) is 0.667. The molecular formula is C6H16ClN4NaO2. The summed E-state index contributed by atoms with van der Waals surface area (Å²) in [5.74, 6) is -1.11. The molecule has 1 atom stereocenters. The first-order valence-electron chi connectivity index (χ1n) is 3.60. The van der Waals surface area contributed by atoms with E-state index in [2.05, 4.69) is 5.32 Å². The van der Waals surface area contributed by atoms with Crippen LogP contribution in [0.3, 0.4) is 0 Å². The number of nitrogens with two attached hydrogens (primary N) is 2. The summed E-state index contributed by atoms with van der Waals surface area (Å²) >= 11 is 0. The second-order valence-corrected chi connectivity index (χ2v) is 2.43. The van der Waals surface area contributed by atoms with Gasteiger partial charge in [-0.2, -0.15) is 0 Å². The fourth-order valence-corrected chi connectivity index (χ4v) is 0.669. The number of rotatable bonds is 5. The Kier molecular flexibility index (Phi) is 15.5. The number of nitrogens with one attached hydrogen (secondary N) is 2. The van der Waals surface area contributed by atoms with E-state index in [4.69, 9.17) is 22.0 Å². The Morgan fingerprint density at radius 1 is 1.57 bits per heavy atom. The Bertz CT molecular complexity index is 181. The Hall–Kier alpha value is -0.0100. The van der Waals surface area contributed by atoms with Crippen molar-refractivity contribution in [1.82, 2.24) is 5.32 Å². The van der Waals surface area contributed by atoms with Crippen LogP contribution in [0.1, 0.15) is 12.8 Å². The third-order valence-electron chi connectivity index (χ3n) is 1.32. The van der Waals surface area contributed by atoms with Crippen molar-refractivity contribution in [2.75, 3.05) is 6.54 Å². The van der Waals surface area contributed by atoms with Gasteiger partial charge in [-0.15, -0.1) is 12.4 Å². The summed E-state index contributed by atoms with van der Waals surface area (Å²) < 4.78 is 0. The number of carboxylic acids is 1. The Labute approximate surface area is 111 Å². The van der Waals surface area contributed by atoms with Crippen LogP contribution in [0, 0.1) is 5.41 Å². The van der Waals surface area contributed by atoms with Crippen LogP contribution < -0.4 is 16.8 Å². The summed E-state index contributed by atoms with van der Waals surface area (Å²) in [7, 11) is 0. The van der Waals surface area contributed by atoms with Crippen LogP contribution in [0.4, 0.5) is 0 Å². The Morgan fingerprint density at radius 3 is 2.43 bits per heavy atom. The van der Waals surface area contributed by atoms with Crippen molar-refractivity contribution >= 4 is 53.9 Å². The van der Waals surface area contributed by atoms with Gasteiger partial charge in [-0.3, -0.25) is 10.2 Å². The molecule has 0 saturated carbocycles. The molecule has 0 unspecified atom stereocenters. The van der Waals surface area contributed by atoms with Gasteiger partial charge < -0.3 is 21.9 Å². The minimum absolute atomic E-state index is 0. The third-order valence-corrected chi connectivity index (χ3v) is 1.32. The zero-order valence-electron chi connectivity index (χ0n) is 7.12. The molecule has 7 N–H and O–H groups in total. The molecule has 6 nitrogen and oxygen atoms in total. The molecule has 0 aromatic carbocycles. The zero-order valence-corrected chi connectivity index (χ0v) is 7.93. The van der Waals surface area contributed by atoms with Crippen LogP contribution in [-0.2, 0) is 4.79 Å². The van der Waals surface area contributed by atoms with E-state index in [1.54, 1.807) is 0 Å². The van der Waals surface area contributed by atoms with Crippen molar-refractivity contribution in [1.29, 1.82) is 5.41 Å². The summed E-state index contributed by atoms with van der Waals surface area (Å²) in [5.41, 5.74) is 10.2. The molecule has 0 aromatic heterocycles. The summed E-state index contributed by atoms with van der Waals surface area (Å²) in [6.07, 6.45) is 0.975. The molecule has 0 fully saturated rings. The van der Waals surface area contributed by atoms with Crippen molar-refractivity contribution < 1.29 is 9.90 Å². The maximum atomic E-state index is 10.2. The summed E-state index contributed by atoms with van der Waals surface area (Å²) in [6.45, 7) is 0.482. The van der Waals surface area contributed by atoms with Gasteiger partial charge in [0.25, 0.3) is 0 Å². The molecule has 0 heterocycles. The van der Waals surface area contributed by atoms with E-state index in [0.717, 1.165) is 0 Å². The van der Waals surface area contributed by atoms with Gasteiger partial charge in [0.1, 0.15) is 6.04 Å². The van der Waals surface area contributed by atoms with Crippen LogP contribution in [0.2, 0.25) is 0 Å². The second kappa shape index (κ2) is 11.1. The number of carbonyl (C=O) groups is 1. The summed E-state index contributed by atoms with van der Waals surface area (Å²) in [5, 5.41) is 17.7. The van der Waals surface area contributed by atoms with Gasteiger partial charge in [-0.1, -0.05) is 0 Å². The van der Waals surface area contributed by atoms with Crippen molar-refractivity contribution in [2.45, 2.75) is 18.9 Å². The molecule has 0 aliphatic rings. The first-order chi connectivity index (χ1) is 5.54. The van der Waals surface area contributed by atoms with E-state index in [-0.39, 0.29) is 47.9 Å². The maximum absolute atomic E-state index is 10.2. The molecule has 0 spiro atoms. The molecule has 0 amide bonds. The van der Waals surface area contributed by atoms with Crippen LogP contribution in [-0.4, -0.2) is 59.2 Å². The van der Waals surface area contributed by atoms with Crippen molar-refractivity contribution in [3.05, 3.63) is 0 Å². The number of aliphatic carboxylic acids is 1. The van der Waals surface area contributed by atoms with E-state index in [9.17, 15) is 4.79 Å². The van der Waals surface area contributed by atoms with Gasteiger partial charge in [-0.05, 0) is 12.8 Å². The molecule has 0 aliphatic heterocycles. The van der Waals surface area contributed by atoms with Crippen molar-refractivity contribution in [2.24, 2.45) is 11.5 Å². The molecule has 0 aromatic rings. The second-order valence-electron chi connectivity index (χ2n) is 2.43. The number of hydrogen-bond donors (Lipinski definition) is 5. The monoisotopic (exact) mass is 234 g/mol. The van der Waals surface area contributed by atoms with Gasteiger partial charge in [0.05, 0.1) is 0 Å². The molecule has 0 saturated heterocycles. The van der Waals surface area contributed by atoms with Gasteiger partial charge in [-0.25, -0.2) is 0 Å². The molecule has 0 radical (unpaired) electrons. The first kappa shape index (κ1) is 19.5. The summed E-state index contributed by atoms with van der Waals surface area (Å²) in [6, 6.07) is -0.821. The topological polar surface area (TPSA) is 125 Å². The zero-order chi connectivity index (χ0) is 9.56. The van der Waals surface area contributed by atoms with Gasteiger partial charge in [0.15, 0.2) is 5.96 Å². The van der Waals surface area contributed by atoms with Crippen LogP contribution in [0.25, 0.3) is 0 Å². The Morgan fingerprint density at radius 2 is 2.07 bits per heavy atom. The molecule has 0 bridgehead atoms. The molecule has 0 rings (SSSR count). The third kappa shape index (κ3) is 12.0.